The maximum atomic E-state index is 13.5. The Morgan fingerprint density at radius 1 is 1.38 bits per heavy atom. The largest absolute Gasteiger partial charge is 0.368 e. The second kappa shape index (κ2) is 6.33. The number of aromatic nitrogens is 2. The van der Waals surface area contributed by atoms with Gasteiger partial charge < -0.3 is 5.73 Å². The van der Waals surface area contributed by atoms with Crippen LogP contribution in [0.4, 0.5) is 4.39 Å². The lowest BCUT2D eigenvalue weighted by atomic mass is 10.1. The number of rotatable bonds is 5. The van der Waals surface area contributed by atoms with E-state index in [1.54, 1.807) is 20.9 Å². The number of aryl methyl sites for hydroxylation is 2. The van der Waals surface area contributed by atoms with Gasteiger partial charge in [-0.1, -0.05) is 12.1 Å². The van der Waals surface area contributed by atoms with Crippen LogP contribution in [-0.4, -0.2) is 35.5 Å². The van der Waals surface area contributed by atoms with Crippen molar-refractivity contribution in [1.82, 2.24) is 14.1 Å². The molecule has 1 aromatic carbocycles. The first kappa shape index (κ1) is 18.1. The molecule has 0 saturated carbocycles. The van der Waals surface area contributed by atoms with Crippen molar-refractivity contribution in [2.45, 2.75) is 24.8 Å². The van der Waals surface area contributed by atoms with Gasteiger partial charge in [0.2, 0.25) is 15.9 Å². The van der Waals surface area contributed by atoms with E-state index in [-0.39, 0.29) is 10.5 Å². The van der Waals surface area contributed by atoms with Gasteiger partial charge in [0.25, 0.3) is 0 Å². The Bertz CT molecular complexity index is 892. The molecular weight excluding hydrogens is 335 g/mol. The molecule has 1 heterocycles. The van der Waals surface area contributed by atoms with Crippen LogP contribution < -0.4 is 5.73 Å². The molecule has 2 rings (SSSR count). The van der Waals surface area contributed by atoms with Gasteiger partial charge in [0.1, 0.15) is 16.8 Å². The van der Waals surface area contributed by atoms with Gasteiger partial charge in [0.15, 0.2) is 0 Å². The Morgan fingerprint density at radius 2 is 2.00 bits per heavy atom. The van der Waals surface area contributed by atoms with Gasteiger partial charge in [0, 0.05) is 14.1 Å². The average molecular weight is 354 g/mol. The molecule has 0 saturated heterocycles. The molecule has 7 nitrogen and oxygen atoms in total. The Balaban J connectivity index is 2.58. The van der Waals surface area contributed by atoms with E-state index in [1.807, 2.05) is 0 Å². The van der Waals surface area contributed by atoms with Crippen LogP contribution in [0.25, 0.3) is 0 Å². The minimum atomic E-state index is -4.06. The number of amides is 1. The molecule has 2 N–H and O–H groups in total. The van der Waals surface area contributed by atoms with Gasteiger partial charge in [-0.25, -0.2) is 12.8 Å². The highest BCUT2D eigenvalue weighted by molar-refractivity contribution is 7.89. The van der Waals surface area contributed by atoms with Crippen molar-refractivity contribution in [3.63, 3.8) is 0 Å². The summed E-state index contributed by atoms with van der Waals surface area (Å²) >= 11 is 0. The SMILES string of the molecule is Cc1nn(C)c(C)c1S(=O)(=O)N(C)C(C(N)=O)c1cccc(F)c1. The first-order valence-corrected chi connectivity index (χ1v) is 8.54. The standard InChI is InChI=1S/C15H19FN4O3S/c1-9-14(10(2)19(3)18-9)24(22,23)20(4)13(15(17)21)11-6-5-7-12(16)8-11/h5-8,13H,1-4H3,(H2,17,21). The third kappa shape index (κ3) is 3.04. The van der Waals surface area contributed by atoms with Gasteiger partial charge in [-0.3, -0.25) is 9.48 Å². The first-order valence-electron chi connectivity index (χ1n) is 7.10. The lowest BCUT2D eigenvalue weighted by molar-refractivity contribution is -0.121. The van der Waals surface area contributed by atoms with Crippen molar-refractivity contribution in [2.75, 3.05) is 7.05 Å². The Kier molecular flexibility index (Phi) is 4.77. The van der Waals surface area contributed by atoms with Crippen molar-refractivity contribution in [3.05, 3.63) is 47.0 Å². The number of likely N-dealkylation sites (N-methyl/N-ethyl adjacent to an activating group) is 1. The lowest BCUT2D eigenvalue weighted by Gasteiger charge is -2.25. The Morgan fingerprint density at radius 3 is 2.46 bits per heavy atom. The van der Waals surface area contributed by atoms with Crippen LogP contribution in [0.15, 0.2) is 29.2 Å². The Hall–Kier alpha value is -2.26. The van der Waals surface area contributed by atoms with Gasteiger partial charge in [0.05, 0.1) is 11.4 Å². The highest BCUT2D eigenvalue weighted by atomic mass is 32.2. The number of benzene rings is 1. The van der Waals surface area contributed by atoms with E-state index in [2.05, 4.69) is 5.10 Å². The van der Waals surface area contributed by atoms with Crippen molar-refractivity contribution in [1.29, 1.82) is 0 Å². The van der Waals surface area contributed by atoms with E-state index in [0.29, 0.717) is 11.4 Å². The van der Waals surface area contributed by atoms with E-state index in [4.69, 9.17) is 5.73 Å². The van der Waals surface area contributed by atoms with Crippen molar-refractivity contribution in [3.8, 4) is 0 Å². The summed E-state index contributed by atoms with van der Waals surface area (Å²) in [7, 11) is -1.20. The highest BCUT2D eigenvalue weighted by Crippen LogP contribution is 2.29. The maximum absolute atomic E-state index is 13.5. The summed E-state index contributed by atoms with van der Waals surface area (Å²) in [4.78, 5) is 11.9. The fourth-order valence-corrected chi connectivity index (χ4v) is 4.35. The predicted molar refractivity (Wildman–Crippen MR) is 86.0 cm³/mol. The molecule has 1 unspecified atom stereocenters. The van der Waals surface area contributed by atoms with Crippen molar-refractivity contribution in [2.24, 2.45) is 12.8 Å². The molecule has 0 radical (unpaired) electrons. The summed E-state index contributed by atoms with van der Waals surface area (Å²) < 4.78 is 41.7. The molecule has 0 aliphatic carbocycles. The van der Waals surface area contributed by atoms with Gasteiger partial charge in [-0.15, -0.1) is 0 Å². The molecule has 1 amide bonds. The molecule has 2 aromatic rings. The average Bonchev–Trinajstić information content (AvgIpc) is 2.72. The number of carbonyl (C=O) groups excluding carboxylic acids is 1. The van der Waals surface area contributed by atoms with Crippen LogP contribution in [0.2, 0.25) is 0 Å². The number of sulfonamides is 1. The normalized spacial score (nSPS) is 13.2. The van der Waals surface area contributed by atoms with Gasteiger partial charge in [-0.2, -0.15) is 9.40 Å². The molecule has 0 fully saturated rings. The summed E-state index contributed by atoms with van der Waals surface area (Å²) in [5.74, 6) is -1.48. The monoisotopic (exact) mass is 354 g/mol. The second-order valence-corrected chi connectivity index (χ2v) is 7.44. The molecule has 0 aliphatic heterocycles. The van der Waals surface area contributed by atoms with Gasteiger partial charge in [-0.05, 0) is 31.5 Å². The second-order valence-electron chi connectivity index (χ2n) is 5.50. The zero-order valence-corrected chi connectivity index (χ0v) is 14.6. The first-order chi connectivity index (χ1) is 11.1. The lowest BCUT2D eigenvalue weighted by Crippen LogP contribution is -2.39. The van der Waals surface area contributed by atoms with Crippen molar-refractivity contribution < 1.29 is 17.6 Å². The topological polar surface area (TPSA) is 98.3 Å². The van der Waals surface area contributed by atoms with Crippen molar-refractivity contribution >= 4 is 15.9 Å². The molecule has 1 aromatic heterocycles. The fourth-order valence-electron chi connectivity index (χ4n) is 2.64. The van der Waals surface area contributed by atoms with E-state index >= 15 is 0 Å². The van der Waals surface area contributed by atoms with Gasteiger partial charge >= 0.3 is 0 Å². The van der Waals surface area contributed by atoms with E-state index < -0.39 is 27.8 Å². The number of carbonyl (C=O) groups is 1. The maximum Gasteiger partial charge on any atom is 0.247 e. The van der Waals surface area contributed by atoms with Crippen LogP contribution >= 0.6 is 0 Å². The number of nitrogens with two attached hydrogens (primary N) is 1. The third-order valence-electron chi connectivity index (χ3n) is 3.88. The summed E-state index contributed by atoms with van der Waals surface area (Å²) in [6, 6.07) is 3.80. The van der Waals surface area contributed by atoms with E-state index in [0.717, 1.165) is 10.4 Å². The molecule has 0 aliphatic rings. The number of primary amides is 1. The minimum Gasteiger partial charge on any atom is -0.368 e. The Labute approximate surface area is 139 Å². The molecular formula is C15H19FN4O3S. The van der Waals surface area contributed by atoms with E-state index in [1.165, 1.54) is 29.9 Å². The van der Waals surface area contributed by atoms with Crippen LogP contribution in [0.5, 0.6) is 0 Å². The van der Waals surface area contributed by atoms with Crippen LogP contribution in [-0.2, 0) is 21.9 Å². The fraction of sp³-hybridized carbons (Fsp3) is 0.333. The number of hydrogen-bond acceptors (Lipinski definition) is 4. The van der Waals surface area contributed by atoms with Crippen LogP contribution in [0.3, 0.4) is 0 Å². The summed E-state index contributed by atoms with van der Waals surface area (Å²) in [6.07, 6.45) is 0. The number of hydrogen-bond donors (Lipinski definition) is 1. The molecule has 24 heavy (non-hydrogen) atoms. The molecule has 9 heteroatoms. The minimum absolute atomic E-state index is 0.00940. The third-order valence-corrected chi connectivity index (χ3v) is 5.95. The zero-order valence-electron chi connectivity index (χ0n) is 13.8. The molecule has 1 atom stereocenters. The predicted octanol–water partition coefficient (Wildman–Crippen LogP) is 1.02. The van der Waals surface area contributed by atoms with Crippen LogP contribution in [0, 0.1) is 19.7 Å². The number of nitrogens with zero attached hydrogens (tertiary/aromatic N) is 3. The molecule has 130 valence electrons. The van der Waals surface area contributed by atoms with Crippen LogP contribution in [0.1, 0.15) is 23.0 Å². The molecule has 0 bridgehead atoms. The summed E-state index contributed by atoms with van der Waals surface area (Å²) in [6.45, 7) is 3.18. The summed E-state index contributed by atoms with van der Waals surface area (Å²) in [5.41, 5.74) is 6.29. The highest BCUT2D eigenvalue weighted by Gasteiger charge is 2.36. The molecule has 0 spiro atoms. The summed E-state index contributed by atoms with van der Waals surface area (Å²) in [5, 5.41) is 4.08. The quantitative estimate of drug-likeness (QED) is 0.867. The number of halogens is 1. The zero-order chi connectivity index (χ0) is 18.2. The van der Waals surface area contributed by atoms with E-state index in [9.17, 15) is 17.6 Å². The smallest absolute Gasteiger partial charge is 0.247 e.